The first kappa shape index (κ1) is 39.4. The van der Waals surface area contributed by atoms with Crippen molar-refractivity contribution in [3.05, 3.63) is 89.5 Å². The number of carbonyl (C=O) groups is 3. The number of hydrogen-bond donors (Lipinski definition) is 4. The van der Waals surface area contributed by atoms with E-state index >= 15 is 0 Å². The predicted molar refractivity (Wildman–Crippen MR) is 184 cm³/mol. The number of carbonyl (C=O) groups excluding carboxylic acids is 3. The SMILES string of the molecule is COC(=O)NC(C(=O)NC(Cc1ccc(-c2cccnc2)cc1)C(O)CN(Cc1cc(F)c(F)cc1F)NC(=O)OC1COC2OCCC12)C(C)(C)C. The molecule has 1 aromatic heterocycles. The third-order valence-electron chi connectivity index (χ3n) is 9.12. The quantitative estimate of drug-likeness (QED) is 0.147. The second-order valence-electron chi connectivity index (χ2n) is 14.1. The van der Waals surface area contributed by atoms with Crippen LogP contribution < -0.4 is 16.1 Å². The Morgan fingerprint density at radius 3 is 2.42 bits per heavy atom. The average molecular weight is 744 g/mol. The van der Waals surface area contributed by atoms with Gasteiger partial charge in [0.2, 0.25) is 5.91 Å². The zero-order valence-corrected chi connectivity index (χ0v) is 29.8. The summed E-state index contributed by atoms with van der Waals surface area (Å²) in [4.78, 5) is 43.3. The van der Waals surface area contributed by atoms with Crippen LogP contribution in [0.1, 0.15) is 38.3 Å². The van der Waals surface area contributed by atoms with Crippen LogP contribution in [-0.4, -0.2) is 90.6 Å². The van der Waals surface area contributed by atoms with Gasteiger partial charge < -0.3 is 34.7 Å². The van der Waals surface area contributed by atoms with Crippen molar-refractivity contribution in [2.24, 2.45) is 11.3 Å². The summed E-state index contributed by atoms with van der Waals surface area (Å²) in [6, 6.07) is 9.92. The van der Waals surface area contributed by atoms with Gasteiger partial charge in [0, 0.05) is 37.1 Å². The van der Waals surface area contributed by atoms with Gasteiger partial charge in [-0.25, -0.2) is 27.8 Å². The molecule has 2 saturated heterocycles. The molecule has 286 valence electrons. The number of aliphatic hydroxyl groups is 1. The van der Waals surface area contributed by atoms with Crippen molar-refractivity contribution >= 4 is 18.1 Å². The number of amides is 3. The van der Waals surface area contributed by atoms with Crippen LogP contribution in [0.15, 0.2) is 60.9 Å². The fraction of sp³-hybridized carbons (Fsp3) is 0.459. The molecule has 2 aliphatic heterocycles. The highest BCUT2D eigenvalue weighted by atomic mass is 19.2. The van der Waals surface area contributed by atoms with Gasteiger partial charge in [0.1, 0.15) is 18.0 Å². The van der Waals surface area contributed by atoms with Crippen LogP contribution in [0.4, 0.5) is 22.8 Å². The van der Waals surface area contributed by atoms with E-state index in [4.69, 9.17) is 18.9 Å². The molecule has 0 radical (unpaired) electrons. The van der Waals surface area contributed by atoms with Gasteiger partial charge >= 0.3 is 12.2 Å². The summed E-state index contributed by atoms with van der Waals surface area (Å²) in [7, 11) is 1.16. The van der Waals surface area contributed by atoms with E-state index in [1.807, 2.05) is 36.4 Å². The number of halogens is 3. The molecule has 0 bridgehead atoms. The monoisotopic (exact) mass is 743 g/mol. The highest BCUT2D eigenvalue weighted by Crippen LogP contribution is 2.33. The van der Waals surface area contributed by atoms with E-state index in [9.17, 15) is 32.7 Å². The van der Waals surface area contributed by atoms with Crippen molar-refractivity contribution < 1.29 is 51.6 Å². The van der Waals surface area contributed by atoms with E-state index in [2.05, 4.69) is 21.0 Å². The van der Waals surface area contributed by atoms with Crippen LogP contribution in [0.25, 0.3) is 11.1 Å². The summed E-state index contributed by atoms with van der Waals surface area (Å²) >= 11 is 0. The van der Waals surface area contributed by atoms with Gasteiger partial charge in [-0.05, 0) is 47.1 Å². The molecular weight excluding hydrogens is 699 g/mol. The minimum atomic E-state index is -1.48. The topological polar surface area (TPSA) is 161 Å². The van der Waals surface area contributed by atoms with Crippen LogP contribution in [0.3, 0.4) is 0 Å². The molecular formula is C37H44F3N5O8. The molecule has 4 N–H and O–H groups in total. The lowest BCUT2D eigenvalue weighted by Crippen LogP contribution is -2.59. The molecule has 6 atom stereocenters. The van der Waals surface area contributed by atoms with E-state index in [-0.39, 0.29) is 24.5 Å². The smallest absolute Gasteiger partial charge is 0.422 e. The lowest BCUT2D eigenvalue weighted by Gasteiger charge is -2.34. The highest BCUT2D eigenvalue weighted by molar-refractivity contribution is 5.86. The Morgan fingerprint density at radius 1 is 1.00 bits per heavy atom. The molecule has 2 aromatic carbocycles. The number of hydrazine groups is 1. The summed E-state index contributed by atoms with van der Waals surface area (Å²) in [6.45, 7) is 4.75. The molecule has 3 amide bonds. The van der Waals surface area contributed by atoms with Gasteiger partial charge in [-0.3, -0.25) is 15.2 Å². The predicted octanol–water partition coefficient (Wildman–Crippen LogP) is 4.23. The molecule has 0 saturated carbocycles. The second-order valence-corrected chi connectivity index (χ2v) is 14.1. The van der Waals surface area contributed by atoms with E-state index < -0.39 is 84.6 Å². The number of pyridine rings is 1. The maximum Gasteiger partial charge on any atom is 0.422 e. The summed E-state index contributed by atoms with van der Waals surface area (Å²) in [5.74, 6) is -4.63. The number of nitrogens with one attached hydrogen (secondary N) is 3. The van der Waals surface area contributed by atoms with E-state index in [0.717, 1.165) is 23.2 Å². The number of aliphatic hydroxyl groups excluding tert-OH is 1. The number of nitrogens with zero attached hydrogens (tertiary/aromatic N) is 2. The van der Waals surface area contributed by atoms with Gasteiger partial charge in [0.25, 0.3) is 0 Å². The molecule has 2 fully saturated rings. The van der Waals surface area contributed by atoms with E-state index in [1.165, 1.54) is 0 Å². The summed E-state index contributed by atoms with van der Waals surface area (Å²) in [6.07, 6.45) is -0.392. The second kappa shape index (κ2) is 17.4. The summed E-state index contributed by atoms with van der Waals surface area (Å²) < 4.78 is 64.3. The Morgan fingerprint density at radius 2 is 1.74 bits per heavy atom. The Kier molecular flexibility index (Phi) is 12.9. The van der Waals surface area contributed by atoms with Crippen molar-refractivity contribution in [3.8, 4) is 11.1 Å². The zero-order chi connectivity index (χ0) is 38.3. The van der Waals surface area contributed by atoms with Gasteiger partial charge in [0.05, 0.1) is 38.4 Å². The minimum absolute atomic E-state index is 0.0651. The van der Waals surface area contributed by atoms with Crippen LogP contribution in [0, 0.1) is 28.8 Å². The number of rotatable bonds is 13. The third-order valence-corrected chi connectivity index (χ3v) is 9.12. The normalized spacial score (nSPS) is 19.9. The number of benzene rings is 2. The van der Waals surface area contributed by atoms with Crippen molar-refractivity contribution in [1.29, 1.82) is 0 Å². The number of aromatic nitrogens is 1. The van der Waals surface area contributed by atoms with Crippen LogP contribution in [-0.2, 0) is 36.7 Å². The van der Waals surface area contributed by atoms with Gasteiger partial charge in [-0.1, -0.05) is 51.1 Å². The molecule has 0 aliphatic carbocycles. The van der Waals surface area contributed by atoms with Crippen molar-refractivity contribution in [1.82, 2.24) is 26.1 Å². The molecule has 5 rings (SSSR count). The maximum atomic E-state index is 14.9. The standard InChI is InChI=1S/C37H44F3N5O8/c1-37(2,3)32(43-35(48)50-4)33(47)42-29(14-21-7-9-22(10-8-21)23-6-5-12-41-17-23)30(46)19-45(18-24-15-27(39)28(40)16-26(24)38)44-36(49)53-31-20-52-34-25(31)11-13-51-34/h5-10,12,15-17,25,29-32,34,46H,11,13-14,18-20H2,1-4H3,(H,42,47)(H,43,48)(H,44,49). The fourth-order valence-corrected chi connectivity index (χ4v) is 6.26. The lowest BCUT2D eigenvalue weighted by molar-refractivity contribution is -0.127. The third kappa shape index (κ3) is 10.4. The van der Waals surface area contributed by atoms with Crippen molar-refractivity contribution in [2.45, 2.75) is 70.7 Å². The number of hydrogen-bond acceptors (Lipinski definition) is 10. The lowest BCUT2D eigenvalue weighted by atomic mass is 9.85. The van der Waals surface area contributed by atoms with Gasteiger partial charge in [-0.2, -0.15) is 0 Å². The van der Waals surface area contributed by atoms with Crippen LogP contribution in [0.2, 0.25) is 0 Å². The Labute approximate surface area is 305 Å². The molecule has 6 unspecified atom stereocenters. The highest BCUT2D eigenvalue weighted by Gasteiger charge is 2.44. The molecule has 3 heterocycles. The maximum absolute atomic E-state index is 14.9. The zero-order valence-electron chi connectivity index (χ0n) is 29.8. The molecule has 3 aromatic rings. The summed E-state index contributed by atoms with van der Waals surface area (Å²) in [5, 5.41) is 18.2. The van der Waals surface area contributed by atoms with Crippen LogP contribution in [0.5, 0.6) is 0 Å². The summed E-state index contributed by atoms with van der Waals surface area (Å²) in [5.41, 5.74) is 3.82. The van der Waals surface area contributed by atoms with E-state index in [1.54, 1.807) is 33.2 Å². The van der Waals surface area contributed by atoms with E-state index in [0.29, 0.717) is 30.7 Å². The number of alkyl carbamates (subject to hydrolysis) is 1. The van der Waals surface area contributed by atoms with Crippen molar-refractivity contribution in [2.75, 3.05) is 26.9 Å². The Bertz CT molecular complexity index is 1730. The van der Waals surface area contributed by atoms with Gasteiger partial charge in [0.15, 0.2) is 17.9 Å². The molecule has 2 aliphatic rings. The van der Waals surface area contributed by atoms with Gasteiger partial charge in [-0.15, -0.1) is 0 Å². The first-order valence-electron chi connectivity index (χ1n) is 17.1. The van der Waals surface area contributed by atoms with Crippen LogP contribution >= 0.6 is 0 Å². The largest absolute Gasteiger partial charge is 0.453 e. The molecule has 0 spiro atoms. The molecule has 53 heavy (non-hydrogen) atoms. The first-order chi connectivity index (χ1) is 25.2. The molecule has 16 heteroatoms. The fourth-order valence-electron chi connectivity index (χ4n) is 6.26. The average Bonchev–Trinajstić information content (AvgIpc) is 3.74. The molecule has 13 nitrogen and oxygen atoms in total. The number of ether oxygens (including phenoxy) is 4. The first-order valence-corrected chi connectivity index (χ1v) is 17.1. The Balaban J connectivity index is 1.40. The minimum Gasteiger partial charge on any atom is -0.453 e. The number of fused-ring (bicyclic) bond motifs is 1. The van der Waals surface area contributed by atoms with Crippen molar-refractivity contribution in [3.63, 3.8) is 0 Å². The number of methoxy groups -OCH3 is 1. The Hall–Kier alpha value is -4.77.